The van der Waals surface area contributed by atoms with Crippen molar-refractivity contribution in [2.45, 2.75) is 32.6 Å². The Labute approximate surface area is 161 Å². The van der Waals surface area contributed by atoms with Crippen molar-refractivity contribution >= 4 is 17.7 Å². The number of hydrogen-bond acceptors (Lipinski definition) is 6. The van der Waals surface area contributed by atoms with Crippen molar-refractivity contribution in [3.05, 3.63) is 41.8 Å². The zero-order valence-corrected chi connectivity index (χ0v) is 15.5. The number of aromatic nitrogens is 1. The highest BCUT2D eigenvalue weighted by Crippen LogP contribution is 2.49. The molecule has 2 aliphatic rings. The van der Waals surface area contributed by atoms with Gasteiger partial charge in [0.2, 0.25) is 5.89 Å². The lowest BCUT2D eigenvalue weighted by atomic mass is 9.70. The van der Waals surface area contributed by atoms with E-state index >= 15 is 0 Å². The molecule has 3 unspecified atom stereocenters. The number of ketones is 1. The molecule has 7 nitrogen and oxygen atoms in total. The van der Waals surface area contributed by atoms with E-state index in [1.54, 1.807) is 6.92 Å². The molecule has 1 aromatic carbocycles. The van der Waals surface area contributed by atoms with Gasteiger partial charge in [-0.1, -0.05) is 18.2 Å². The van der Waals surface area contributed by atoms with Crippen molar-refractivity contribution < 1.29 is 28.6 Å². The fraction of sp³-hybridized carbons (Fsp3) is 0.429. The summed E-state index contributed by atoms with van der Waals surface area (Å²) in [6.45, 7) is 1.84. The zero-order chi connectivity index (χ0) is 19.9. The van der Waals surface area contributed by atoms with Crippen LogP contribution in [0.15, 0.2) is 34.7 Å². The monoisotopic (exact) mass is 383 g/mol. The highest BCUT2D eigenvalue weighted by molar-refractivity contribution is 6.08. The van der Waals surface area contributed by atoms with E-state index in [1.807, 2.05) is 30.3 Å². The van der Waals surface area contributed by atoms with Crippen LogP contribution >= 0.6 is 0 Å². The van der Waals surface area contributed by atoms with Crippen molar-refractivity contribution in [1.82, 2.24) is 4.98 Å². The van der Waals surface area contributed by atoms with Crippen LogP contribution in [0.2, 0.25) is 0 Å². The van der Waals surface area contributed by atoms with Crippen LogP contribution in [0.4, 0.5) is 0 Å². The van der Waals surface area contributed by atoms with Crippen LogP contribution in [0.25, 0.3) is 11.5 Å². The summed E-state index contributed by atoms with van der Waals surface area (Å²) < 4.78 is 11.1. The zero-order valence-electron chi connectivity index (χ0n) is 15.5. The van der Waals surface area contributed by atoms with E-state index in [4.69, 9.17) is 9.15 Å². The molecule has 0 aliphatic heterocycles. The van der Waals surface area contributed by atoms with E-state index in [9.17, 15) is 19.5 Å². The second-order valence-electron chi connectivity index (χ2n) is 7.39. The minimum atomic E-state index is -1.40. The molecule has 4 rings (SSSR count). The number of rotatable bonds is 6. The molecule has 0 spiro atoms. The molecule has 1 aromatic heterocycles. The van der Waals surface area contributed by atoms with E-state index < -0.39 is 29.2 Å². The summed E-state index contributed by atoms with van der Waals surface area (Å²) in [6.07, 6.45) is 0.985. The first kappa shape index (κ1) is 18.4. The first-order valence-electron chi connectivity index (χ1n) is 9.44. The SMILES string of the molecule is CCOC(=O)C1(C(=O)C2CC2C(=O)O)CCc2nc(-c3ccccc3)oc2C1. The summed E-state index contributed by atoms with van der Waals surface area (Å²) in [5.74, 6) is -2.35. The lowest BCUT2D eigenvalue weighted by molar-refractivity contribution is -0.162. The number of aliphatic carboxylic acids is 1. The Morgan fingerprint density at radius 1 is 1.25 bits per heavy atom. The maximum atomic E-state index is 13.2. The molecule has 3 atom stereocenters. The van der Waals surface area contributed by atoms with Gasteiger partial charge in [-0.15, -0.1) is 0 Å². The van der Waals surface area contributed by atoms with Gasteiger partial charge in [0.15, 0.2) is 5.78 Å². The minimum absolute atomic E-state index is 0.0582. The van der Waals surface area contributed by atoms with Crippen LogP contribution in [-0.4, -0.2) is 34.4 Å². The van der Waals surface area contributed by atoms with Crippen LogP contribution in [0, 0.1) is 17.3 Å². The van der Waals surface area contributed by atoms with Crippen LogP contribution < -0.4 is 0 Å². The minimum Gasteiger partial charge on any atom is -0.481 e. The van der Waals surface area contributed by atoms with Gasteiger partial charge < -0.3 is 14.3 Å². The van der Waals surface area contributed by atoms with Gasteiger partial charge in [0, 0.05) is 17.9 Å². The van der Waals surface area contributed by atoms with Gasteiger partial charge in [0.1, 0.15) is 11.2 Å². The van der Waals surface area contributed by atoms with Crippen molar-refractivity contribution in [2.75, 3.05) is 6.61 Å². The highest BCUT2D eigenvalue weighted by atomic mass is 16.5. The van der Waals surface area contributed by atoms with E-state index in [-0.39, 0.29) is 31.7 Å². The number of benzene rings is 1. The molecule has 1 fully saturated rings. The van der Waals surface area contributed by atoms with Gasteiger partial charge in [0.05, 0.1) is 18.2 Å². The Bertz CT molecular complexity index is 934. The van der Waals surface area contributed by atoms with Gasteiger partial charge in [-0.3, -0.25) is 14.4 Å². The van der Waals surface area contributed by atoms with Gasteiger partial charge in [0.25, 0.3) is 0 Å². The molecule has 0 bridgehead atoms. The number of carbonyl (C=O) groups excluding carboxylic acids is 2. The first-order valence-corrected chi connectivity index (χ1v) is 9.44. The molecule has 0 radical (unpaired) electrons. The van der Waals surface area contributed by atoms with Crippen LogP contribution in [-0.2, 0) is 32.0 Å². The number of carboxylic acids is 1. The van der Waals surface area contributed by atoms with Crippen molar-refractivity contribution in [2.24, 2.45) is 17.3 Å². The molecule has 2 aliphatic carbocycles. The molecule has 1 heterocycles. The lowest BCUT2D eigenvalue weighted by Gasteiger charge is -2.32. The Kier molecular flexibility index (Phi) is 4.53. The number of aryl methyl sites for hydroxylation is 1. The van der Waals surface area contributed by atoms with Crippen LogP contribution in [0.5, 0.6) is 0 Å². The number of carbonyl (C=O) groups is 3. The largest absolute Gasteiger partial charge is 0.481 e. The number of hydrogen-bond donors (Lipinski definition) is 1. The molecule has 28 heavy (non-hydrogen) atoms. The maximum Gasteiger partial charge on any atom is 0.320 e. The fourth-order valence-corrected chi connectivity index (χ4v) is 3.98. The van der Waals surface area contributed by atoms with Crippen molar-refractivity contribution in [3.63, 3.8) is 0 Å². The number of Topliss-reactive ketones (excluding diaryl/α,β-unsaturated/α-hetero) is 1. The van der Waals surface area contributed by atoms with Crippen LogP contribution in [0.1, 0.15) is 31.2 Å². The lowest BCUT2D eigenvalue weighted by Crippen LogP contribution is -2.46. The number of carboxylic acid groups (broad SMARTS) is 1. The van der Waals surface area contributed by atoms with Gasteiger partial charge in [-0.25, -0.2) is 4.98 Å². The molecular weight excluding hydrogens is 362 g/mol. The average molecular weight is 383 g/mol. The smallest absolute Gasteiger partial charge is 0.320 e. The van der Waals surface area contributed by atoms with Gasteiger partial charge in [-0.05, 0) is 38.3 Å². The Morgan fingerprint density at radius 2 is 2.00 bits per heavy atom. The predicted molar refractivity (Wildman–Crippen MR) is 97.3 cm³/mol. The van der Waals surface area contributed by atoms with E-state index in [2.05, 4.69) is 4.98 Å². The Morgan fingerprint density at radius 3 is 2.64 bits per heavy atom. The quantitative estimate of drug-likeness (QED) is 0.604. The molecule has 1 saturated carbocycles. The van der Waals surface area contributed by atoms with E-state index in [0.717, 1.165) is 11.3 Å². The normalized spacial score (nSPS) is 25.6. The predicted octanol–water partition coefficient (Wildman–Crippen LogP) is 2.67. The average Bonchev–Trinajstić information content (AvgIpc) is 3.40. The molecule has 0 saturated heterocycles. The van der Waals surface area contributed by atoms with Gasteiger partial charge >= 0.3 is 11.9 Å². The van der Waals surface area contributed by atoms with Crippen molar-refractivity contribution in [1.29, 1.82) is 0 Å². The molecule has 2 aromatic rings. The number of nitrogens with zero attached hydrogens (tertiary/aromatic N) is 1. The third-order valence-corrected chi connectivity index (χ3v) is 5.63. The Balaban J connectivity index is 1.66. The number of oxazole rings is 1. The highest BCUT2D eigenvalue weighted by Gasteiger charge is 2.59. The number of ether oxygens (including phenoxy) is 1. The van der Waals surface area contributed by atoms with Gasteiger partial charge in [-0.2, -0.15) is 0 Å². The number of esters is 1. The maximum absolute atomic E-state index is 13.2. The van der Waals surface area contributed by atoms with Crippen molar-refractivity contribution in [3.8, 4) is 11.5 Å². The summed E-state index contributed by atoms with van der Waals surface area (Å²) in [5, 5.41) is 9.19. The number of fused-ring (bicyclic) bond motifs is 1. The summed E-state index contributed by atoms with van der Waals surface area (Å²) in [7, 11) is 0. The molecule has 146 valence electrons. The summed E-state index contributed by atoms with van der Waals surface area (Å²) >= 11 is 0. The molecule has 7 heteroatoms. The molecule has 0 amide bonds. The fourth-order valence-electron chi connectivity index (χ4n) is 3.98. The second kappa shape index (κ2) is 6.89. The van der Waals surface area contributed by atoms with E-state index in [0.29, 0.717) is 18.1 Å². The Hall–Kier alpha value is -2.96. The molecular formula is C21H21NO6. The summed E-state index contributed by atoms with van der Waals surface area (Å²) in [4.78, 5) is 41.7. The molecule has 1 N–H and O–H groups in total. The summed E-state index contributed by atoms with van der Waals surface area (Å²) in [6, 6.07) is 9.41. The third-order valence-electron chi connectivity index (χ3n) is 5.63. The topological polar surface area (TPSA) is 107 Å². The second-order valence-corrected chi connectivity index (χ2v) is 7.39. The third kappa shape index (κ3) is 3.00. The van der Waals surface area contributed by atoms with Crippen LogP contribution in [0.3, 0.4) is 0 Å². The van der Waals surface area contributed by atoms with E-state index in [1.165, 1.54) is 0 Å². The first-order chi connectivity index (χ1) is 13.5. The standard InChI is InChI=1S/C21H21NO6/c1-2-27-20(26)21(17(23)13-10-14(13)19(24)25)9-8-15-16(11-21)28-18(22-15)12-6-4-3-5-7-12/h3-7,13-14H,2,8-11H2,1H3,(H,24,25). The summed E-state index contributed by atoms with van der Waals surface area (Å²) in [5.41, 5.74) is 0.154.